The van der Waals surface area contributed by atoms with E-state index in [1.54, 1.807) is 6.92 Å². The number of nitrogens with two attached hydrogens (primary N) is 1. The highest BCUT2D eigenvalue weighted by molar-refractivity contribution is 5.73. The zero-order valence-electron chi connectivity index (χ0n) is 8.83. The Hall–Kier alpha value is -0.870. The number of rotatable bonds is 3. The van der Waals surface area contributed by atoms with Crippen molar-refractivity contribution in [3.05, 3.63) is 12.2 Å². The van der Waals surface area contributed by atoms with Crippen molar-refractivity contribution in [3.63, 3.8) is 0 Å². The van der Waals surface area contributed by atoms with Gasteiger partial charge in [0.25, 0.3) is 0 Å². The fourth-order valence-corrected chi connectivity index (χ4v) is 1.60. The molecule has 0 aromatic rings. The van der Waals surface area contributed by atoms with Gasteiger partial charge in [0.1, 0.15) is 0 Å². The maximum Gasteiger partial charge on any atom is 0.219 e. The van der Waals surface area contributed by atoms with Crippen LogP contribution in [-0.2, 0) is 4.79 Å². The van der Waals surface area contributed by atoms with Gasteiger partial charge < -0.3 is 10.6 Å². The van der Waals surface area contributed by atoms with Crippen LogP contribution < -0.4 is 5.73 Å². The van der Waals surface area contributed by atoms with Gasteiger partial charge in [-0.2, -0.15) is 0 Å². The number of carbonyl (C=O) groups excluding carboxylic acids is 1. The third-order valence-corrected chi connectivity index (χ3v) is 2.55. The molecule has 2 N–H and O–H groups in total. The molecule has 80 valence electrons. The van der Waals surface area contributed by atoms with Crippen LogP contribution in [-0.4, -0.2) is 55.0 Å². The number of carbonyl (C=O) groups is 1. The van der Waals surface area contributed by atoms with Gasteiger partial charge in [0, 0.05) is 46.2 Å². The van der Waals surface area contributed by atoms with E-state index in [1.807, 2.05) is 4.90 Å². The zero-order chi connectivity index (χ0) is 10.6. The highest BCUT2D eigenvalue weighted by Crippen LogP contribution is 2.03. The summed E-state index contributed by atoms with van der Waals surface area (Å²) in [5, 5.41) is 0. The average Bonchev–Trinajstić information content (AvgIpc) is 2.18. The second kappa shape index (κ2) is 5.12. The molecular weight excluding hydrogens is 178 g/mol. The van der Waals surface area contributed by atoms with E-state index in [-0.39, 0.29) is 5.91 Å². The number of amides is 1. The molecule has 0 aromatic carbocycles. The first-order chi connectivity index (χ1) is 6.63. The summed E-state index contributed by atoms with van der Waals surface area (Å²) in [6.07, 6.45) is 0. The summed E-state index contributed by atoms with van der Waals surface area (Å²) in [5.41, 5.74) is 6.53. The maximum atomic E-state index is 11.1. The van der Waals surface area contributed by atoms with Gasteiger partial charge in [-0.1, -0.05) is 6.58 Å². The van der Waals surface area contributed by atoms with Crippen molar-refractivity contribution in [2.45, 2.75) is 6.92 Å². The highest BCUT2D eigenvalue weighted by atomic mass is 16.2. The molecular formula is C10H19N3O. The average molecular weight is 197 g/mol. The van der Waals surface area contributed by atoms with Crippen molar-refractivity contribution in [3.8, 4) is 0 Å². The molecule has 1 aliphatic heterocycles. The van der Waals surface area contributed by atoms with Crippen LogP contribution >= 0.6 is 0 Å². The molecule has 1 saturated heterocycles. The Kier molecular flexibility index (Phi) is 4.10. The number of hydrogen-bond donors (Lipinski definition) is 1. The Balaban J connectivity index is 2.29. The van der Waals surface area contributed by atoms with Gasteiger partial charge in [-0.15, -0.1) is 0 Å². The lowest BCUT2D eigenvalue weighted by Gasteiger charge is -2.34. The number of nitrogens with zero attached hydrogens (tertiary/aromatic N) is 2. The monoisotopic (exact) mass is 197 g/mol. The molecule has 14 heavy (non-hydrogen) atoms. The van der Waals surface area contributed by atoms with Crippen molar-refractivity contribution >= 4 is 5.91 Å². The highest BCUT2D eigenvalue weighted by Gasteiger charge is 2.18. The molecule has 1 amide bonds. The summed E-state index contributed by atoms with van der Waals surface area (Å²) in [6, 6.07) is 0. The molecule has 0 spiro atoms. The van der Waals surface area contributed by atoms with Crippen LogP contribution in [0.3, 0.4) is 0 Å². The maximum absolute atomic E-state index is 11.1. The zero-order valence-corrected chi connectivity index (χ0v) is 8.83. The van der Waals surface area contributed by atoms with Crippen LogP contribution in [0.4, 0.5) is 0 Å². The Morgan fingerprint density at radius 2 is 1.93 bits per heavy atom. The molecule has 1 fully saturated rings. The van der Waals surface area contributed by atoms with Gasteiger partial charge in [-0.05, 0) is 5.57 Å². The predicted molar refractivity (Wildman–Crippen MR) is 56.9 cm³/mol. The molecule has 0 radical (unpaired) electrons. The molecule has 1 rings (SSSR count). The van der Waals surface area contributed by atoms with Gasteiger partial charge >= 0.3 is 0 Å². The molecule has 1 heterocycles. The first-order valence-electron chi connectivity index (χ1n) is 4.98. The van der Waals surface area contributed by atoms with Gasteiger partial charge in [0.05, 0.1) is 0 Å². The van der Waals surface area contributed by atoms with E-state index >= 15 is 0 Å². The van der Waals surface area contributed by atoms with E-state index in [0.717, 1.165) is 38.3 Å². The summed E-state index contributed by atoms with van der Waals surface area (Å²) < 4.78 is 0. The minimum absolute atomic E-state index is 0.169. The Morgan fingerprint density at radius 3 is 2.36 bits per heavy atom. The second-order valence-electron chi connectivity index (χ2n) is 3.74. The summed E-state index contributed by atoms with van der Waals surface area (Å²) in [7, 11) is 0. The lowest BCUT2D eigenvalue weighted by atomic mass is 10.2. The normalized spacial score (nSPS) is 18.3. The van der Waals surface area contributed by atoms with Crippen molar-refractivity contribution in [1.82, 2.24) is 9.80 Å². The molecule has 0 aliphatic carbocycles. The van der Waals surface area contributed by atoms with Crippen LogP contribution in [0, 0.1) is 0 Å². The molecule has 4 heteroatoms. The van der Waals surface area contributed by atoms with Gasteiger partial charge in [0.2, 0.25) is 5.91 Å². The predicted octanol–water partition coefficient (Wildman–Crippen LogP) is -0.335. The largest absolute Gasteiger partial charge is 0.340 e. The van der Waals surface area contributed by atoms with Crippen LogP contribution in [0.15, 0.2) is 12.2 Å². The second-order valence-corrected chi connectivity index (χ2v) is 3.74. The first kappa shape index (κ1) is 11.2. The molecule has 0 unspecified atom stereocenters. The SMILES string of the molecule is C=C(CN)CN1CCN(C(C)=O)CC1. The number of piperazine rings is 1. The van der Waals surface area contributed by atoms with Gasteiger partial charge in [-0.3, -0.25) is 9.69 Å². The van der Waals surface area contributed by atoms with Crippen LogP contribution in [0.1, 0.15) is 6.92 Å². The van der Waals surface area contributed by atoms with E-state index in [1.165, 1.54) is 0 Å². The lowest BCUT2D eigenvalue weighted by molar-refractivity contribution is -0.130. The summed E-state index contributed by atoms with van der Waals surface area (Å²) >= 11 is 0. The minimum atomic E-state index is 0.169. The molecule has 1 aliphatic rings. The van der Waals surface area contributed by atoms with Crippen LogP contribution in [0.5, 0.6) is 0 Å². The molecule has 0 bridgehead atoms. The van der Waals surface area contributed by atoms with Crippen LogP contribution in [0.2, 0.25) is 0 Å². The smallest absolute Gasteiger partial charge is 0.219 e. The molecule has 0 saturated carbocycles. The quantitative estimate of drug-likeness (QED) is 0.630. The van der Waals surface area contributed by atoms with Crippen molar-refractivity contribution in [1.29, 1.82) is 0 Å². The third kappa shape index (κ3) is 3.12. The topological polar surface area (TPSA) is 49.6 Å². The Morgan fingerprint density at radius 1 is 1.36 bits per heavy atom. The Labute approximate surface area is 85.3 Å². The lowest BCUT2D eigenvalue weighted by Crippen LogP contribution is -2.48. The fourth-order valence-electron chi connectivity index (χ4n) is 1.60. The van der Waals surface area contributed by atoms with Gasteiger partial charge in [0.15, 0.2) is 0 Å². The van der Waals surface area contributed by atoms with Crippen molar-refractivity contribution in [2.75, 3.05) is 39.3 Å². The van der Waals surface area contributed by atoms with E-state index < -0.39 is 0 Å². The first-order valence-corrected chi connectivity index (χ1v) is 4.98. The molecule has 0 atom stereocenters. The van der Waals surface area contributed by atoms with Crippen molar-refractivity contribution in [2.24, 2.45) is 5.73 Å². The summed E-state index contributed by atoms with van der Waals surface area (Å²) in [5.74, 6) is 0.169. The van der Waals surface area contributed by atoms with Crippen LogP contribution in [0.25, 0.3) is 0 Å². The summed E-state index contributed by atoms with van der Waals surface area (Å²) in [6.45, 7) is 10.4. The standard InChI is InChI=1S/C10H19N3O/c1-9(7-11)8-12-3-5-13(6-4-12)10(2)14/h1,3-8,11H2,2H3. The van der Waals surface area contributed by atoms with Crippen molar-refractivity contribution < 1.29 is 4.79 Å². The van der Waals surface area contributed by atoms with E-state index in [9.17, 15) is 4.79 Å². The van der Waals surface area contributed by atoms with E-state index in [0.29, 0.717) is 6.54 Å². The van der Waals surface area contributed by atoms with Gasteiger partial charge in [-0.25, -0.2) is 0 Å². The number of hydrogen-bond acceptors (Lipinski definition) is 3. The van der Waals surface area contributed by atoms with E-state index in [2.05, 4.69) is 11.5 Å². The fraction of sp³-hybridized carbons (Fsp3) is 0.700. The minimum Gasteiger partial charge on any atom is -0.340 e. The third-order valence-electron chi connectivity index (χ3n) is 2.55. The molecule has 0 aromatic heterocycles. The Bertz CT molecular complexity index is 219. The summed E-state index contributed by atoms with van der Waals surface area (Å²) in [4.78, 5) is 15.2. The van der Waals surface area contributed by atoms with E-state index in [4.69, 9.17) is 5.73 Å². The molecule has 4 nitrogen and oxygen atoms in total.